The topological polar surface area (TPSA) is 57.4 Å². The largest absolute Gasteiger partial charge is 0.361 e. The van der Waals surface area contributed by atoms with Crippen LogP contribution in [0.3, 0.4) is 0 Å². The summed E-state index contributed by atoms with van der Waals surface area (Å²) in [5, 5.41) is 2.25. The van der Waals surface area contributed by atoms with Crippen LogP contribution in [0.1, 0.15) is 0 Å². The van der Waals surface area contributed by atoms with E-state index in [0.717, 1.165) is 33.1 Å². The number of nitrogens with zero attached hydrogens (tertiary/aromatic N) is 2. The monoisotopic (exact) mass is 234 g/mol. The minimum Gasteiger partial charge on any atom is -0.361 e. The van der Waals surface area contributed by atoms with E-state index in [1.54, 1.807) is 0 Å². The molecule has 18 heavy (non-hydrogen) atoms. The van der Waals surface area contributed by atoms with Gasteiger partial charge in [-0.25, -0.2) is 0 Å². The van der Waals surface area contributed by atoms with Crippen molar-refractivity contribution < 1.29 is 0 Å². The summed E-state index contributed by atoms with van der Waals surface area (Å²) in [5.41, 5.74) is 4.06. The predicted molar refractivity (Wildman–Crippen MR) is 71.2 cm³/mol. The molecule has 0 aliphatic heterocycles. The SMILES string of the molecule is c1cc2cc[nH]c2c(-c2cncc3cc[nH]c23)n1. The number of aromatic amines is 2. The van der Waals surface area contributed by atoms with E-state index >= 15 is 0 Å². The standard InChI is InChI=1S/C14H10N4/c1-4-17-13-9(1)2-5-18-14(13)11-8-15-7-10-3-6-16-12(10)11/h1-8,16-17H. The minimum atomic E-state index is 0.929. The molecule has 2 N–H and O–H groups in total. The van der Waals surface area contributed by atoms with Gasteiger partial charge in [-0.05, 0) is 18.2 Å². The Morgan fingerprint density at radius 3 is 2.61 bits per heavy atom. The average molecular weight is 234 g/mol. The van der Waals surface area contributed by atoms with E-state index in [1.807, 2.05) is 49.2 Å². The number of nitrogens with one attached hydrogen (secondary N) is 2. The van der Waals surface area contributed by atoms with Crippen LogP contribution in [0, 0.1) is 0 Å². The number of H-pyrrole nitrogens is 2. The molecule has 0 aromatic carbocycles. The van der Waals surface area contributed by atoms with E-state index in [0.29, 0.717) is 0 Å². The Hall–Kier alpha value is -2.62. The van der Waals surface area contributed by atoms with Crippen LogP contribution in [0.15, 0.2) is 49.2 Å². The van der Waals surface area contributed by atoms with E-state index in [4.69, 9.17) is 0 Å². The van der Waals surface area contributed by atoms with Gasteiger partial charge in [-0.2, -0.15) is 0 Å². The van der Waals surface area contributed by atoms with Gasteiger partial charge < -0.3 is 9.97 Å². The Bertz CT molecular complexity index is 769. The zero-order valence-corrected chi connectivity index (χ0v) is 9.51. The Morgan fingerprint density at radius 2 is 1.67 bits per heavy atom. The van der Waals surface area contributed by atoms with Gasteiger partial charge in [0.15, 0.2) is 0 Å². The lowest BCUT2D eigenvalue weighted by Crippen LogP contribution is -1.88. The molecule has 4 aromatic heterocycles. The molecule has 4 heterocycles. The second kappa shape index (κ2) is 3.43. The first kappa shape index (κ1) is 9.41. The zero-order chi connectivity index (χ0) is 11.9. The average Bonchev–Trinajstić information content (AvgIpc) is 3.06. The highest BCUT2D eigenvalue weighted by molar-refractivity contribution is 6.00. The first-order valence-corrected chi connectivity index (χ1v) is 5.77. The normalized spacial score (nSPS) is 11.3. The number of pyridine rings is 2. The van der Waals surface area contributed by atoms with E-state index in [9.17, 15) is 0 Å². The second-order valence-electron chi connectivity index (χ2n) is 4.23. The first-order valence-electron chi connectivity index (χ1n) is 5.77. The molecule has 4 nitrogen and oxygen atoms in total. The summed E-state index contributed by atoms with van der Waals surface area (Å²) in [6, 6.07) is 6.06. The van der Waals surface area contributed by atoms with Crippen molar-refractivity contribution in [1.82, 2.24) is 19.9 Å². The highest BCUT2D eigenvalue weighted by Gasteiger charge is 2.10. The molecule has 0 saturated carbocycles. The highest BCUT2D eigenvalue weighted by atomic mass is 14.8. The summed E-state index contributed by atoms with van der Waals surface area (Å²) in [7, 11) is 0. The van der Waals surface area contributed by atoms with Crippen LogP contribution in [0.5, 0.6) is 0 Å². The molecule has 0 radical (unpaired) electrons. The summed E-state index contributed by atoms with van der Waals surface area (Å²) in [6.45, 7) is 0. The molecule has 0 aliphatic rings. The smallest absolute Gasteiger partial charge is 0.0979 e. The molecular formula is C14H10N4. The van der Waals surface area contributed by atoms with Gasteiger partial charge in [-0.1, -0.05) is 0 Å². The molecule has 0 amide bonds. The molecule has 4 rings (SSSR count). The van der Waals surface area contributed by atoms with Gasteiger partial charge >= 0.3 is 0 Å². The molecule has 0 bridgehead atoms. The third kappa shape index (κ3) is 1.20. The lowest BCUT2D eigenvalue weighted by atomic mass is 10.1. The number of aromatic nitrogens is 4. The molecule has 0 aliphatic carbocycles. The van der Waals surface area contributed by atoms with Gasteiger partial charge in [0.05, 0.1) is 16.7 Å². The van der Waals surface area contributed by atoms with Crippen LogP contribution in [0.4, 0.5) is 0 Å². The minimum absolute atomic E-state index is 0.929. The maximum Gasteiger partial charge on any atom is 0.0979 e. The van der Waals surface area contributed by atoms with Crippen molar-refractivity contribution in [3.8, 4) is 11.3 Å². The third-order valence-electron chi connectivity index (χ3n) is 3.19. The number of rotatable bonds is 1. The van der Waals surface area contributed by atoms with Gasteiger partial charge in [0, 0.05) is 47.3 Å². The predicted octanol–water partition coefficient (Wildman–Crippen LogP) is 3.11. The lowest BCUT2D eigenvalue weighted by molar-refractivity contribution is 1.30. The number of hydrogen-bond acceptors (Lipinski definition) is 2. The molecule has 0 spiro atoms. The third-order valence-corrected chi connectivity index (χ3v) is 3.19. The van der Waals surface area contributed by atoms with Gasteiger partial charge in [0.1, 0.15) is 0 Å². The molecule has 0 saturated heterocycles. The Balaban J connectivity index is 2.13. The van der Waals surface area contributed by atoms with Gasteiger partial charge in [0.2, 0.25) is 0 Å². The highest BCUT2D eigenvalue weighted by Crippen LogP contribution is 2.29. The van der Waals surface area contributed by atoms with E-state index in [1.165, 1.54) is 0 Å². The maximum atomic E-state index is 4.49. The Kier molecular flexibility index (Phi) is 1.80. The van der Waals surface area contributed by atoms with Crippen LogP contribution < -0.4 is 0 Å². The summed E-state index contributed by atoms with van der Waals surface area (Å²) in [6.07, 6.45) is 9.38. The van der Waals surface area contributed by atoms with Crippen molar-refractivity contribution in [3.05, 3.63) is 49.2 Å². The van der Waals surface area contributed by atoms with E-state index in [2.05, 4.69) is 19.9 Å². The van der Waals surface area contributed by atoms with Crippen molar-refractivity contribution in [2.45, 2.75) is 0 Å². The molecule has 0 unspecified atom stereocenters. The van der Waals surface area contributed by atoms with Gasteiger partial charge in [0.25, 0.3) is 0 Å². The van der Waals surface area contributed by atoms with Crippen LogP contribution in [-0.2, 0) is 0 Å². The van der Waals surface area contributed by atoms with E-state index < -0.39 is 0 Å². The van der Waals surface area contributed by atoms with Crippen LogP contribution in [0.25, 0.3) is 33.1 Å². The molecule has 4 heteroatoms. The summed E-state index contributed by atoms with van der Waals surface area (Å²) < 4.78 is 0. The van der Waals surface area contributed by atoms with Crippen molar-refractivity contribution >= 4 is 21.8 Å². The fraction of sp³-hybridized carbons (Fsp3) is 0. The van der Waals surface area contributed by atoms with Gasteiger partial charge in [-0.3, -0.25) is 9.97 Å². The lowest BCUT2D eigenvalue weighted by Gasteiger charge is -2.03. The summed E-state index contributed by atoms with van der Waals surface area (Å²) in [4.78, 5) is 15.3. The fourth-order valence-electron chi connectivity index (χ4n) is 2.34. The Labute approximate surface area is 103 Å². The molecule has 0 fully saturated rings. The number of hydrogen-bond donors (Lipinski definition) is 2. The molecule has 86 valence electrons. The van der Waals surface area contributed by atoms with Crippen molar-refractivity contribution in [2.24, 2.45) is 0 Å². The zero-order valence-electron chi connectivity index (χ0n) is 9.51. The van der Waals surface area contributed by atoms with E-state index in [-0.39, 0.29) is 0 Å². The van der Waals surface area contributed by atoms with Crippen LogP contribution >= 0.6 is 0 Å². The van der Waals surface area contributed by atoms with Crippen molar-refractivity contribution in [2.75, 3.05) is 0 Å². The fourth-order valence-corrected chi connectivity index (χ4v) is 2.34. The van der Waals surface area contributed by atoms with Crippen molar-refractivity contribution in [3.63, 3.8) is 0 Å². The Morgan fingerprint density at radius 1 is 0.833 bits per heavy atom. The van der Waals surface area contributed by atoms with Crippen LogP contribution in [0.2, 0.25) is 0 Å². The summed E-state index contributed by atoms with van der Waals surface area (Å²) in [5.74, 6) is 0. The van der Waals surface area contributed by atoms with Gasteiger partial charge in [-0.15, -0.1) is 0 Å². The van der Waals surface area contributed by atoms with Crippen LogP contribution in [-0.4, -0.2) is 19.9 Å². The summed E-state index contributed by atoms with van der Waals surface area (Å²) >= 11 is 0. The van der Waals surface area contributed by atoms with Crippen molar-refractivity contribution in [1.29, 1.82) is 0 Å². The second-order valence-corrected chi connectivity index (χ2v) is 4.23. The quantitative estimate of drug-likeness (QED) is 0.531. The molecule has 0 atom stereocenters. The molecular weight excluding hydrogens is 224 g/mol. The maximum absolute atomic E-state index is 4.49. The number of fused-ring (bicyclic) bond motifs is 2. The molecule has 4 aromatic rings. The first-order chi connectivity index (χ1) is 8.93.